The van der Waals surface area contributed by atoms with Crippen molar-refractivity contribution in [2.45, 2.75) is 31.4 Å². The van der Waals surface area contributed by atoms with Crippen LogP contribution in [0.2, 0.25) is 0 Å². The number of rotatable bonds is 7. The highest BCUT2D eigenvalue weighted by atomic mass is 19.4. The molecule has 2 atom stereocenters. The molecular weight excluding hydrogens is 605 g/mol. The van der Waals surface area contributed by atoms with E-state index in [1.165, 1.54) is 12.1 Å². The fourth-order valence-electron chi connectivity index (χ4n) is 6.22. The number of nitrogens with one attached hydrogen (secondary N) is 1. The number of carbonyl (C=O) groups excluding carboxylic acids is 3. The van der Waals surface area contributed by atoms with E-state index >= 15 is 0 Å². The minimum Gasteiger partial charge on any atom is -0.428 e. The third-order valence-electron chi connectivity index (χ3n) is 8.45. The molecule has 3 N–H and O–H groups in total. The Balaban J connectivity index is 1.32. The van der Waals surface area contributed by atoms with Crippen LogP contribution in [0.25, 0.3) is 16.8 Å². The Hall–Kier alpha value is -5.05. The van der Waals surface area contributed by atoms with E-state index in [9.17, 15) is 27.6 Å². The first-order chi connectivity index (χ1) is 22.0. The molecule has 12 nitrogen and oxygen atoms in total. The molecule has 2 amide bonds. The van der Waals surface area contributed by atoms with E-state index in [4.69, 9.17) is 15.5 Å². The number of hydrogen-bond acceptors (Lipinski definition) is 9. The van der Waals surface area contributed by atoms with Gasteiger partial charge in [0, 0.05) is 49.7 Å². The Bertz CT molecular complexity index is 1810. The summed E-state index contributed by atoms with van der Waals surface area (Å²) in [4.78, 5) is 54.9. The van der Waals surface area contributed by atoms with Crippen molar-refractivity contribution in [1.29, 1.82) is 0 Å². The number of pyridine rings is 1. The summed E-state index contributed by atoms with van der Waals surface area (Å²) in [5.74, 6) is -0.390. The first-order valence-corrected chi connectivity index (χ1v) is 14.7. The molecule has 2 fully saturated rings. The number of benzene rings is 1. The molecular formula is C31H31F3N8O4. The number of ether oxygens (including phenoxy) is 1. The predicted molar refractivity (Wildman–Crippen MR) is 161 cm³/mol. The van der Waals surface area contributed by atoms with Crippen LogP contribution >= 0.6 is 0 Å². The molecule has 15 heteroatoms. The van der Waals surface area contributed by atoms with E-state index in [2.05, 4.69) is 20.2 Å². The number of hydrogen-bond donors (Lipinski definition) is 2. The lowest BCUT2D eigenvalue weighted by molar-refractivity contribution is -0.138. The smallest absolute Gasteiger partial charge is 0.416 e. The summed E-state index contributed by atoms with van der Waals surface area (Å²) in [5, 5.41) is 2.32. The van der Waals surface area contributed by atoms with Crippen molar-refractivity contribution < 1.29 is 32.3 Å². The maximum absolute atomic E-state index is 13.3. The molecule has 0 radical (unpaired) electrons. The minimum atomic E-state index is -4.63. The number of anilines is 2. The van der Waals surface area contributed by atoms with Crippen LogP contribution < -0.4 is 15.8 Å². The summed E-state index contributed by atoms with van der Waals surface area (Å²) in [7, 11) is 2.01. The number of piperidine rings is 1. The largest absolute Gasteiger partial charge is 0.428 e. The van der Waals surface area contributed by atoms with Crippen LogP contribution in [0.15, 0.2) is 48.9 Å². The standard InChI is InChI=1S/C31H31F3N8O4/c1-40-11-7-20(15-40)30(45)41-10-2-3-19(16-41)28-39-25(26-27(35)37-9-12-42(26)28)18-4-5-22(23(13-18)46-17-43)29(44)38-24-14-21(6-8-36-24)31(32,33)34/h4-6,8-9,12-14,17,19-20H,2-3,7,10-11,15-16H2,1H3,(H2,35,37)(H,36,38,44)/t19-,20-/m1/s1. The fraction of sp³-hybridized carbons (Fsp3) is 0.355. The van der Waals surface area contributed by atoms with Gasteiger partial charge < -0.3 is 25.6 Å². The quantitative estimate of drug-likeness (QED) is 0.289. The number of amides is 2. The predicted octanol–water partition coefficient (Wildman–Crippen LogP) is 3.84. The molecule has 0 aliphatic carbocycles. The monoisotopic (exact) mass is 636 g/mol. The van der Waals surface area contributed by atoms with Crippen LogP contribution in [0.1, 0.15) is 46.9 Å². The van der Waals surface area contributed by atoms with E-state index in [0.29, 0.717) is 41.8 Å². The first kappa shape index (κ1) is 31.0. The zero-order valence-electron chi connectivity index (χ0n) is 24.8. The van der Waals surface area contributed by atoms with Gasteiger partial charge in [-0.25, -0.2) is 15.0 Å². The lowest BCUT2D eigenvalue weighted by Gasteiger charge is -2.33. The van der Waals surface area contributed by atoms with Gasteiger partial charge in [-0.3, -0.25) is 18.8 Å². The summed E-state index contributed by atoms with van der Waals surface area (Å²) < 4.78 is 46.4. The molecule has 240 valence electrons. The number of likely N-dealkylation sites (tertiary alicyclic amines) is 2. The number of aromatic nitrogens is 4. The van der Waals surface area contributed by atoms with Gasteiger partial charge in [0.15, 0.2) is 0 Å². The Kier molecular flexibility index (Phi) is 8.34. The Morgan fingerprint density at radius 3 is 2.65 bits per heavy atom. The van der Waals surface area contributed by atoms with E-state index < -0.39 is 17.6 Å². The molecule has 3 aromatic heterocycles. The summed E-state index contributed by atoms with van der Waals surface area (Å²) in [5.41, 5.74) is 6.60. The normalized spacial score (nSPS) is 18.9. The molecule has 0 unspecified atom stereocenters. The van der Waals surface area contributed by atoms with Gasteiger partial charge in [0.1, 0.15) is 34.4 Å². The Morgan fingerprint density at radius 2 is 1.91 bits per heavy atom. The molecule has 46 heavy (non-hydrogen) atoms. The average molecular weight is 637 g/mol. The third-order valence-corrected chi connectivity index (χ3v) is 8.45. The number of halogens is 3. The third kappa shape index (κ3) is 6.09. The van der Waals surface area contributed by atoms with Crippen LogP contribution in [0.4, 0.5) is 24.8 Å². The molecule has 2 aliphatic heterocycles. The summed E-state index contributed by atoms with van der Waals surface area (Å²) in [6.07, 6.45) is 2.06. The van der Waals surface area contributed by atoms with Crippen molar-refractivity contribution in [2.24, 2.45) is 5.92 Å². The second kappa shape index (κ2) is 12.4. The number of alkyl halides is 3. The number of fused-ring (bicyclic) bond motifs is 1. The molecule has 2 aliphatic rings. The molecule has 5 heterocycles. The zero-order chi connectivity index (χ0) is 32.6. The maximum Gasteiger partial charge on any atom is 0.416 e. The van der Waals surface area contributed by atoms with Crippen LogP contribution in [0.5, 0.6) is 5.75 Å². The molecule has 0 spiro atoms. The highest BCUT2D eigenvalue weighted by molar-refractivity contribution is 6.06. The number of nitrogens with zero attached hydrogens (tertiary/aromatic N) is 6. The average Bonchev–Trinajstić information content (AvgIpc) is 3.65. The molecule has 1 aromatic carbocycles. The topological polar surface area (TPSA) is 148 Å². The van der Waals surface area contributed by atoms with Crippen LogP contribution in [-0.4, -0.2) is 80.7 Å². The van der Waals surface area contributed by atoms with Gasteiger partial charge in [0.2, 0.25) is 5.91 Å². The summed E-state index contributed by atoms with van der Waals surface area (Å²) in [6, 6.07) is 5.85. The van der Waals surface area contributed by atoms with Gasteiger partial charge in [-0.15, -0.1) is 0 Å². The molecule has 4 aromatic rings. The van der Waals surface area contributed by atoms with Crippen molar-refractivity contribution in [3.63, 3.8) is 0 Å². The van der Waals surface area contributed by atoms with Crippen molar-refractivity contribution in [1.82, 2.24) is 29.2 Å². The van der Waals surface area contributed by atoms with Crippen LogP contribution in [-0.2, 0) is 15.8 Å². The van der Waals surface area contributed by atoms with E-state index in [0.717, 1.165) is 44.6 Å². The van der Waals surface area contributed by atoms with E-state index in [1.807, 2.05) is 16.3 Å². The molecule has 0 bridgehead atoms. The van der Waals surface area contributed by atoms with Crippen molar-refractivity contribution in [3.8, 4) is 17.0 Å². The van der Waals surface area contributed by atoms with E-state index in [1.54, 1.807) is 18.5 Å². The first-order valence-electron chi connectivity index (χ1n) is 14.7. The lowest BCUT2D eigenvalue weighted by Crippen LogP contribution is -2.43. The maximum atomic E-state index is 13.3. The highest BCUT2D eigenvalue weighted by Crippen LogP contribution is 2.37. The summed E-state index contributed by atoms with van der Waals surface area (Å²) in [6.45, 7) is 2.96. The Labute approximate surface area is 261 Å². The van der Waals surface area contributed by atoms with Gasteiger partial charge in [0.05, 0.1) is 17.0 Å². The molecule has 2 saturated heterocycles. The summed E-state index contributed by atoms with van der Waals surface area (Å²) >= 11 is 0. The van der Waals surface area contributed by atoms with E-state index in [-0.39, 0.29) is 47.2 Å². The van der Waals surface area contributed by atoms with Crippen molar-refractivity contribution >= 4 is 35.4 Å². The lowest BCUT2D eigenvalue weighted by atomic mass is 9.95. The number of nitrogens with two attached hydrogens (primary N) is 1. The number of carbonyl (C=O) groups is 3. The van der Waals surface area contributed by atoms with Gasteiger partial charge in [-0.2, -0.15) is 13.2 Å². The zero-order valence-corrected chi connectivity index (χ0v) is 24.8. The highest BCUT2D eigenvalue weighted by Gasteiger charge is 2.35. The second-order valence-corrected chi connectivity index (χ2v) is 11.5. The Morgan fingerprint density at radius 1 is 1.09 bits per heavy atom. The van der Waals surface area contributed by atoms with Gasteiger partial charge >= 0.3 is 6.18 Å². The SMILES string of the molecule is CN1CC[C@@H](C(=O)N2CCC[C@@H](c3nc(-c4ccc(C(=O)Nc5cc(C(F)(F)F)ccn5)c(OC=O)c4)c4c(N)nccn34)C2)C1. The number of nitrogen functional groups attached to an aromatic ring is 1. The van der Waals surface area contributed by atoms with Crippen LogP contribution in [0, 0.1) is 5.92 Å². The van der Waals surface area contributed by atoms with Gasteiger partial charge in [-0.1, -0.05) is 6.07 Å². The second-order valence-electron chi connectivity index (χ2n) is 11.5. The number of imidazole rings is 1. The van der Waals surface area contributed by atoms with Gasteiger partial charge in [-0.05, 0) is 57.1 Å². The van der Waals surface area contributed by atoms with Crippen molar-refractivity contribution in [3.05, 3.63) is 65.9 Å². The molecule has 0 saturated carbocycles. The molecule has 6 rings (SSSR count). The van der Waals surface area contributed by atoms with Crippen LogP contribution in [0.3, 0.4) is 0 Å². The minimum absolute atomic E-state index is 0.0208. The van der Waals surface area contributed by atoms with Gasteiger partial charge in [0.25, 0.3) is 12.4 Å². The fourth-order valence-corrected chi connectivity index (χ4v) is 6.22. The van der Waals surface area contributed by atoms with Crippen molar-refractivity contribution in [2.75, 3.05) is 44.3 Å².